The van der Waals surface area contributed by atoms with Gasteiger partial charge in [-0.2, -0.15) is 0 Å². The smallest absolute Gasteiger partial charge is 0.242 e. The van der Waals surface area contributed by atoms with Gasteiger partial charge in [0.05, 0.1) is 11.5 Å². The minimum absolute atomic E-state index is 0.183. The van der Waals surface area contributed by atoms with Crippen LogP contribution >= 0.6 is 11.3 Å². The SMILES string of the molecule is CC1(NS(=O)(=O)c2ccsc2CO)CCOCC1. The van der Waals surface area contributed by atoms with Gasteiger partial charge in [0.15, 0.2) is 0 Å². The first-order valence-electron chi connectivity index (χ1n) is 5.76. The number of rotatable bonds is 4. The highest BCUT2D eigenvalue weighted by Crippen LogP contribution is 2.26. The van der Waals surface area contributed by atoms with Crippen molar-refractivity contribution in [1.82, 2.24) is 4.72 Å². The molecule has 0 radical (unpaired) electrons. The van der Waals surface area contributed by atoms with E-state index in [-0.39, 0.29) is 11.5 Å². The molecule has 0 saturated carbocycles. The molecule has 1 fully saturated rings. The first-order valence-corrected chi connectivity index (χ1v) is 8.12. The van der Waals surface area contributed by atoms with Crippen molar-refractivity contribution in [2.75, 3.05) is 13.2 Å². The van der Waals surface area contributed by atoms with Crippen molar-refractivity contribution < 1.29 is 18.3 Å². The van der Waals surface area contributed by atoms with Crippen LogP contribution in [0.5, 0.6) is 0 Å². The van der Waals surface area contributed by atoms with Crippen LogP contribution in [0.15, 0.2) is 16.3 Å². The van der Waals surface area contributed by atoms with E-state index in [9.17, 15) is 8.42 Å². The largest absolute Gasteiger partial charge is 0.391 e. The van der Waals surface area contributed by atoms with Crippen LogP contribution in [0.25, 0.3) is 0 Å². The van der Waals surface area contributed by atoms with Crippen LogP contribution in [-0.2, 0) is 21.4 Å². The fourth-order valence-corrected chi connectivity index (χ4v) is 4.75. The lowest BCUT2D eigenvalue weighted by atomic mass is 9.94. The van der Waals surface area contributed by atoms with Crippen molar-refractivity contribution in [3.63, 3.8) is 0 Å². The summed E-state index contributed by atoms with van der Waals surface area (Å²) in [5.74, 6) is 0. The first-order chi connectivity index (χ1) is 8.47. The Labute approximate surface area is 111 Å². The summed E-state index contributed by atoms with van der Waals surface area (Å²) >= 11 is 1.24. The molecule has 5 nitrogen and oxygen atoms in total. The molecule has 0 atom stereocenters. The Kier molecular flexibility index (Phi) is 4.08. The highest BCUT2D eigenvalue weighted by Gasteiger charge is 2.33. The number of sulfonamides is 1. The molecular weight excluding hydrogens is 274 g/mol. The number of hydrogen-bond acceptors (Lipinski definition) is 5. The van der Waals surface area contributed by atoms with Crippen LogP contribution < -0.4 is 4.72 Å². The Morgan fingerprint density at radius 3 is 2.78 bits per heavy atom. The van der Waals surface area contributed by atoms with Crippen LogP contribution in [0.4, 0.5) is 0 Å². The van der Waals surface area contributed by atoms with Crippen LogP contribution in [-0.4, -0.2) is 32.3 Å². The quantitative estimate of drug-likeness (QED) is 0.870. The Morgan fingerprint density at radius 1 is 1.50 bits per heavy atom. The lowest BCUT2D eigenvalue weighted by molar-refractivity contribution is 0.0537. The standard InChI is InChI=1S/C11H17NO4S2/c1-11(3-5-16-6-4-11)12-18(14,15)10-2-7-17-9(10)8-13/h2,7,12-13H,3-6,8H2,1H3. The molecule has 1 aromatic rings. The zero-order valence-corrected chi connectivity index (χ0v) is 11.8. The zero-order chi connectivity index (χ0) is 13.2. The maximum absolute atomic E-state index is 12.3. The molecule has 0 unspecified atom stereocenters. The minimum Gasteiger partial charge on any atom is -0.391 e. The molecule has 2 heterocycles. The number of thiophene rings is 1. The van der Waals surface area contributed by atoms with Crippen LogP contribution in [0.2, 0.25) is 0 Å². The Bertz CT molecular complexity index is 503. The second kappa shape index (κ2) is 5.26. The molecule has 102 valence electrons. The summed E-state index contributed by atoms with van der Waals surface area (Å²) in [4.78, 5) is 0.654. The summed E-state index contributed by atoms with van der Waals surface area (Å²) in [6.07, 6.45) is 1.32. The van der Waals surface area contributed by atoms with Crippen LogP contribution in [0.3, 0.4) is 0 Å². The predicted octanol–water partition coefficient (Wildman–Crippen LogP) is 1.09. The average molecular weight is 291 g/mol. The summed E-state index contributed by atoms with van der Waals surface area (Å²) in [6.45, 7) is 2.76. The summed E-state index contributed by atoms with van der Waals surface area (Å²) in [6, 6.07) is 1.53. The second-order valence-electron chi connectivity index (χ2n) is 4.64. The number of hydrogen-bond donors (Lipinski definition) is 2. The summed E-state index contributed by atoms with van der Waals surface area (Å²) in [7, 11) is -3.57. The normalized spacial score (nSPS) is 19.9. The highest BCUT2D eigenvalue weighted by atomic mass is 32.2. The molecule has 1 aliphatic heterocycles. The third-order valence-corrected chi connectivity index (χ3v) is 5.87. The number of aliphatic hydroxyl groups excluding tert-OH is 1. The van der Waals surface area contributed by atoms with Crippen molar-refractivity contribution >= 4 is 21.4 Å². The van der Waals surface area contributed by atoms with E-state index in [0.717, 1.165) is 0 Å². The molecule has 2 rings (SSSR count). The fraction of sp³-hybridized carbons (Fsp3) is 0.636. The maximum Gasteiger partial charge on any atom is 0.242 e. The van der Waals surface area contributed by atoms with Gasteiger partial charge in [-0.15, -0.1) is 11.3 Å². The number of aliphatic hydroxyl groups is 1. The van der Waals surface area contributed by atoms with Gasteiger partial charge in [-0.1, -0.05) is 0 Å². The lowest BCUT2D eigenvalue weighted by Crippen LogP contribution is -2.49. The molecule has 1 aromatic heterocycles. The van der Waals surface area contributed by atoms with Crippen molar-refractivity contribution in [2.24, 2.45) is 0 Å². The Morgan fingerprint density at radius 2 is 2.17 bits per heavy atom. The number of nitrogens with one attached hydrogen (secondary N) is 1. The molecular formula is C11H17NO4S2. The molecule has 1 saturated heterocycles. The molecule has 7 heteroatoms. The topological polar surface area (TPSA) is 75.6 Å². The average Bonchev–Trinajstić information content (AvgIpc) is 2.77. The zero-order valence-electron chi connectivity index (χ0n) is 10.2. The van der Waals surface area contributed by atoms with Crippen LogP contribution in [0.1, 0.15) is 24.6 Å². The molecule has 0 spiro atoms. The monoisotopic (exact) mass is 291 g/mol. The maximum atomic E-state index is 12.3. The lowest BCUT2D eigenvalue weighted by Gasteiger charge is -2.33. The fourth-order valence-electron chi connectivity index (χ4n) is 1.99. The molecule has 2 N–H and O–H groups in total. The summed E-state index contributed by atoms with van der Waals surface area (Å²) < 4.78 is 32.6. The predicted molar refractivity (Wildman–Crippen MR) is 69.0 cm³/mol. The second-order valence-corrected chi connectivity index (χ2v) is 7.30. The van der Waals surface area contributed by atoms with Crippen molar-refractivity contribution in [3.8, 4) is 0 Å². The van der Waals surface area contributed by atoms with E-state index in [1.165, 1.54) is 17.4 Å². The van der Waals surface area contributed by atoms with Crippen molar-refractivity contribution in [2.45, 2.75) is 36.8 Å². The Balaban J connectivity index is 2.21. The van der Waals surface area contributed by atoms with Crippen molar-refractivity contribution in [3.05, 3.63) is 16.3 Å². The molecule has 0 bridgehead atoms. The molecule has 0 amide bonds. The van der Waals surface area contributed by atoms with Gasteiger partial charge in [0.2, 0.25) is 10.0 Å². The van der Waals surface area contributed by atoms with E-state index < -0.39 is 15.6 Å². The van der Waals surface area contributed by atoms with Gasteiger partial charge in [-0.05, 0) is 31.2 Å². The summed E-state index contributed by atoms with van der Waals surface area (Å²) in [5.41, 5.74) is -0.467. The van der Waals surface area contributed by atoms with E-state index in [2.05, 4.69) is 4.72 Å². The molecule has 18 heavy (non-hydrogen) atoms. The summed E-state index contributed by atoms with van der Waals surface area (Å²) in [5, 5.41) is 10.8. The van der Waals surface area contributed by atoms with Gasteiger partial charge in [0.1, 0.15) is 0 Å². The van der Waals surface area contributed by atoms with Gasteiger partial charge in [-0.25, -0.2) is 13.1 Å². The molecule has 0 aliphatic carbocycles. The first kappa shape index (κ1) is 14.0. The van der Waals surface area contributed by atoms with Crippen molar-refractivity contribution in [1.29, 1.82) is 0 Å². The van der Waals surface area contributed by atoms with Crippen LogP contribution in [0, 0.1) is 0 Å². The van der Waals surface area contributed by atoms with Gasteiger partial charge in [0, 0.05) is 23.6 Å². The third-order valence-electron chi connectivity index (χ3n) is 3.11. The van der Waals surface area contributed by atoms with Gasteiger partial charge >= 0.3 is 0 Å². The molecule has 0 aromatic carbocycles. The van der Waals surface area contributed by atoms with Gasteiger partial charge in [0.25, 0.3) is 0 Å². The van der Waals surface area contributed by atoms with E-state index in [1.807, 2.05) is 6.92 Å². The highest BCUT2D eigenvalue weighted by molar-refractivity contribution is 7.89. The molecule has 1 aliphatic rings. The van der Waals surface area contributed by atoms with Gasteiger partial charge < -0.3 is 9.84 Å². The van der Waals surface area contributed by atoms with E-state index in [0.29, 0.717) is 30.9 Å². The Hall–Kier alpha value is -0.470. The minimum atomic E-state index is -3.57. The third kappa shape index (κ3) is 2.92. The van der Waals surface area contributed by atoms with Gasteiger partial charge in [-0.3, -0.25) is 0 Å². The number of ether oxygens (including phenoxy) is 1. The van der Waals surface area contributed by atoms with E-state index >= 15 is 0 Å². The van der Waals surface area contributed by atoms with E-state index in [4.69, 9.17) is 9.84 Å². The van der Waals surface area contributed by atoms with E-state index in [1.54, 1.807) is 5.38 Å².